The van der Waals surface area contributed by atoms with Crippen LogP contribution >= 0.6 is 23.1 Å². The quantitative estimate of drug-likeness (QED) is 0.711. The highest BCUT2D eigenvalue weighted by atomic mass is 32.2. The number of para-hydroxylation sites is 1. The second-order valence-electron chi connectivity index (χ2n) is 3.54. The molecule has 0 aliphatic rings. The number of fused-ring (bicyclic) bond motifs is 1. The third kappa shape index (κ3) is 2.08. The van der Waals surface area contributed by atoms with Crippen LogP contribution < -0.4 is 0 Å². The van der Waals surface area contributed by atoms with Crippen molar-refractivity contribution in [1.82, 2.24) is 9.97 Å². The molecule has 0 aliphatic carbocycles. The Morgan fingerprint density at radius 2 is 2.17 bits per heavy atom. The molecule has 0 bridgehead atoms. The van der Waals surface area contributed by atoms with Gasteiger partial charge in [-0.25, -0.2) is 9.97 Å². The van der Waals surface area contributed by atoms with Crippen LogP contribution in [0.5, 0.6) is 0 Å². The molecule has 3 nitrogen and oxygen atoms in total. The van der Waals surface area contributed by atoms with E-state index in [0.29, 0.717) is 5.56 Å². The van der Waals surface area contributed by atoms with Gasteiger partial charge in [0.2, 0.25) is 0 Å². The first-order valence-corrected chi connectivity index (χ1v) is 6.93. The van der Waals surface area contributed by atoms with Crippen LogP contribution in [0.25, 0.3) is 10.9 Å². The number of nitriles is 1. The van der Waals surface area contributed by atoms with Gasteiger partial charge in [0.1, 0.15) is 5.03 Å². The summed E-state index contributed by atoms with van der Waals surface area (Å²) in [6.07, 6.45) is 1.76. The van der Waals surface area contributed by atoms with Crippen molar-refractivity contribution in [1.29, 1.82) is 5.26 Å². The van der Waals surface area contributed by atoms with Crippen molar-refractivity contribution in [2.45, 2.75) is 9.37 Å². The molecule has 0 saturated heterocycles. The lowest BCUT2D eigenvalue weighted by atomic mass is 10.1. The van der Waals surface area contributed by atoms with Crippen molar-refractivity contribution in [3.8, 4) is 6.07 Å². The maximum Gasteiger partial charge on any atom is 0.156 e. The topological polar surface area (TPSA) is 49.6 Å². The first kappa shape index (κ1) is 11.2. The van der Waals surface area contributed by atoms with E-state index in [2.05, 4.69) is 16.0 Å². The van der Waals surface area contributed by atoms with Crippen molar-refractivity contribution in [3.63, 3.8) is 0 Å². The number of rotatable bonds is 2. The zero-order chi connectivity index (χ0) is 12.4. The average molecular weight is 269 g/mol. The average Bonchev–Trinajstić information content (AvgIpc) is 2.90. The Morgan fingerprint density at radius 1 is 1.28 bits per heavy atom. The molecule has 3 aromatic rings. The Balaban J connectivity index is 2.11. The Hall–Kier alpha value is -1.90. The molecule has 0 atom stereocenters. The van der Waals surface area contributed by atoms with Crippen LogP contribution in [-0.2, 0) is 0 Å². The minimum absolute atomic E-state index is 0.652. The molecule has 5 heteroatoms. The highest BCUT2D eigenvalue weighted by Crippen LogP contribution is 2.30. The lowest BCUT2D eigenvalue weighted by molar-refractivity contribution is 1.16. The van der Waals surface area contributed by atoms with E-state index in [1.807, 2.05) is 35.7 Å². The second-order valence-corrected chi connectivity index (χ2v) is 5.70. The molecule has 0 saturated carbocycles. The van der Waals surface area contributed by atoms with Gasteiger partial charge < -0.3 is 0 Å². The standard InChI is InChI=1S/C13H7N3S2/c14-8-9-7-12(18-13-15-5-6-17-13)16-11-4-2-1-3-10(9)11/h1-7H. The normalized spacial score (nSPS) is 10.4. The number of thiazole rings is 1. The van der Waals surface area contributed by atoms with Crippen LogP contribution in [0, 0.1) is 11.3 Å². The molecule has 0 N–H and O–H groups in total. The van der Waals surface area contributed by atoms with Crippen LogP contribution in [0.1, 0.15) is 5.56 Å². The van der Waals surface area contributed by atoms with Crippen molar-refractivity contribution in [3.05, 3.63) is 47.5 Å². The summed E-state index contributed by atoms with van der Waals surface area (Å²) in [6, 6.07) is 11.7. The SMILES string of the molecule is N#Cc1cc(Sc2nccs2)nc2ccccc12. The number of aromatic nitrogens is 2. The van der Waals surface area contributed by atoms with Gasteiger partial charge in [0.15, 0.2) is 4.34 Å². The van der Waals surface area contributed by atoms with Crippen molar-refractivity contribution >= 4 is 34.0 Å². The third-order valence-corrected chi connectivity index (χ3v) is 4.22. The van der Waals surface area contributed by atoms with Gasteiger partial charge >= 0.3 is 0 Å². The molecule has 3 rings (SSSR count). The van der Waals surface area contributed by atoms with Gasteiger partial charge in [-0.05, 0) is 23.9 Å². The zero-order valence-electron chi connectivity index (χ0n) is 9.20. The summed E-state index contributed by atoms with van der Waals surface area (Å²) < 4.78 is 0.932. The van der Waals surface area contributed by atoms with E-state index in [1.54, 1.807) is 17.5 Å². The molecule has 0 aliphatic heterocycles. The fourth-order valence-corrected chi connectivity index (χ4v) is 3.23. The smallest absolute Gasteiger partial charge is 0.156 e. The lowest BCUT2D eigenvalue weighted by Crippen LogP contribution is -1.87. The summed E-state index contributed by atoms with van der Waals surface area (Å²) >= 11 is 3.05. The van der Waals surface area contributed by atoms with Gasteiger partial charge in [-0.3, -0.25) is 0 Å². The lowest BCUT2D eigenvalue weighted by Gasteiger charge is -2.02. The Kier molecular flexibility index (Phi) is 2.97. The van der Waals surface area contributed by atoms with Gasteiger partial charge in [-0.1, -0.05) is 18.2 Å². The summed E-state index contributed by atoms with van der Waals surface area (Å²) in [4.78, 5) is 8.74. The predicted octanol–water partition coefficient (Wildman–Crippen LogP) is 3.71. The summed E-state index contributed by atoms with van der Waals surface area (Å²) in [5.74, 6) is 0. The molecule has 18 heavy (non-hydrogen) atoms. The maximum atomic E-state index is 9.19. The minimum Gasteiger partial charge on any atom is -0.241 e. The third-order valence-electron chi connectivity index (χ3n) is 2.41. The van der Waals surface area contributed by atoms with E-state index >= 15 is 0 Å². The highest BCUT2D eigenvalue weighted by molar-refractivity contribution is 8.01. The molecule has 2 heterocycles. The zero-order valence-corrected chi connectivity index (χ0v) is 10.8. The number of hydrogen-bond acceptors (Lipinski definition) is 5. The summed E-state index contributed by atoms with van der Waals surface area (Å²) in [6.45, 7) is 0. The minimum atomic E-state index is 0.652. The van der Waals surface area contributed by atoms with Crippen molar-refractivity contribution in [2.75, 3.05) is 0 Å². The molecule has 0 fully saturated rings. The summed E-state index contributed by atoms with van der Waals surface area (Å²) in [5, 5.41) is 12.8. The number of nitrogens with zero attached hydrogens (tertiary/aromatic N) is 3. The highest BCUT2D eigenvalue weighted by Gasteiger charge is 2.07. The Labute approximate surface area is 112 Å². The maximum absolute atomic E-state index is 9.19. The van der Waals surface area contributed by atoms with E-state index in [-0.39, 0.29) is 0 Å². The van der Waals surface area contributed by atoms with Gasteiger partial charge in [0, 0.05) is 17.0 Å². The van der Waals surface area contributed by atoms with Crippen LogP contribution in [0.15, 0.2) is 51.3 Å². The summed E-state index contributed by atoms with van der Waals surface area (Å²) in [7, 11) is 0. The molecule has 1 aromatic carbocycles. The van der Waals surface area contributed by atoms with E-state index in [9.17, 15) is 5.26 Å². The first-order chi connectivity index (χ1) is 8.86. The Morgan fingerprint density at radius 3 is 2.94 bits per heavy atom. The number of pyridine rings is 1. The molecule has 0 unspecified atom stereocenters. The van der Waals surface area contributed by atoms with E-state index in [1.165, 1.54) is 11.8 Å². The predicted molar refractivity (Wildman–Crippen MR) is 72.7 cm³/mol. The van der Waals surface area contributed by atoms with Crippen molar-refractivity contribution in [2.24, 2.45) is 0 Å². The van der Waals surface area contributed by atoms with Gasteiger partial charge in [0.25, 0.3) is 0 Å². The largest absolute Gasteiger partial charge is 0.241 e. The van der Waals surface area contributed by atoms with Gasteiger partial charge in [0.05, 0.1) is 17.1 Å². The van der Waals surface area contributed by atoms with Crippen molar-refractivity contribution < 1.29 is 0 Å². The molecule has 0 radical (unpaired) electrons. The number of hydrogen-bond donors (Lipinski definition) is 0. The molecule has 0 spiro atoms. The first-order valence-electron chi connectivity index (χ1n) is 5.24. The molecule has 2 aromatic heterocycles. The van der Waals surface area contributed by atoms with Crippen LogP contribution in [0.4, 0.5) is 0 Å². The molecule has 0 amide bonds. The van der Waals surface area contributed by atoms with E-state index in [0.717, 1.165) is 20.3 Å². The monoisotopic (exact) mass is 269 g/mol. The van der Waals surface area contributed by atoms with Gasteiger partial charge in [-0.15, -0.1) is 11.3 Å². The van der Waals surface area contributed by atoms with Gasteiger partial charge in [-0.2, -0.15) is 5.26 Å². The Bertz CT molecular complexity index is 730. The molecule has 86 valence electrons. The fraction of sp³-hybridized carbons (Fsp3) is 0. The van der Waals surface area contributed by atoms with E-state index in [4.69, 9.17) is 0 Å². The van der Waals surface area contributed by atoms with Crippen LogP contribution in [-0.4, -0.2) is 9.97 Å². The van der Waals surface area contributed by atoms with Crippen LogP contribution in [0.3, 0.4) is 0 Å². The molecular formula is C13H7N3S2. The summed E-state index contributed by atoms with van der Waals surface area (Å²) in [5.41, 5.74) is 1.50. The fourth-order valence-electron chi connectivity index (χ4n) is 1.65. The number of benzene rings is 1. The molecular weight excluding hydrogens is 262 g/mol. The van der Waals surface area contributed by atoms with Crippen LogP contribution in [0.2, 0.25) is 0 Å². The second kappa shape index (κ2) is 4.77. The van der Waals surface area contributed by atoms with E-state index < -0.39 is 0 Å².